The molecule has 0 amide bonds. The number of rotatable bonds is 0. The summed E-state index contributed by atoms with van der Waals surface area (Å²) in [6, 6.07) is 0. The van der Waals surface area contributed by atoms with Gasteiger partial charge in [-0.05, 0) is 37.5 Å². The summed E-state index contributed by atoms with van der Waals surface area (Å²) in [5.41, 5.74) is -0.172. The number of hydrogen-bond acceptors (Lipinski definition) is 3. The minimum atomic E-state index is -0.275. The average Bonchev–Trinajstić information content (AvgIpc) is 2.61. The Hall–Kier alpha value is -0.860. The van der Waals surface area contributed by atoms with Crippen LogP contribution in [0.1, 0.15) is 52.9 Å². The van der Waals surface area contributed by atoms with Crippen LogP contribution in [0.2, 0.25) is 0 Å². The van der Waals surface area contributed by atoms with E-state index in [0.717, 1.165) is 19.3 Å². The van der Waals surface area contributed by atoms with Crippen LogP contribution in [-0.2, 0) is 14.3 Å². The number of ether oxygens (including phenoxy) is 1. The summed E-state index contributed by atoms with van der Waals surface area (Å²) in [5.74, 6) is 1.25. The number of carbonyl (C=O) groups is 2. The molecule has 1 aliphatic heterocycles. The zero-order valence-corrected chi connectivity index (χ0v) is 11.5. The standard InChI is InChI=1S/C15H22O3/c1-9-10-4-7-15(3)12(8-13(17)18-15)14(10,2)6-5-11(9)16/h9-10,12H,4-8H2,1-3H3/t9-,10?,12-,14+,15-/m1/s1. The largest absolute Gasteiger partial charge is 0.459 e. The van der Waals surface area contributed by atoms with E-state index >= 15 is 0 Å². The van der Waals surface area contributed by atoms with Gasteiger partial charge in [-0.1, -0.05) is 13.8 Å². The van der Waals surface area contributed by atoms with Gasteiger partial charge < -0.3 is 4.74 Å². The summed E-state index contributed by atoms with van der Waals surface area (Å²) in [6.07, 6.45) is 4.09. The summed E-state index contributed by atoms with van der Waals surface area (Å²) in [6.45, 7) is 6.44. The van der Waals surface area contributed by atoms with E-state index in [9.17, 15) is 9.59 Å². The molecule has 3 fully saturated rings. The SMILES string of the molecule is C[C@H]1C(=O)CC[C@@]2(C)C1CC[C@@]1(C)OC(=O)C[C@@H]12. The molecule has 100 valence electrons. The Bertz CT molecular complexity index is 416. The van der Waals surface area contributed by atoms with E-state index in [1.165, 1.54) is 0 Å². The van der Waals surface area contributed by atoms with E-state index in [0.29, 0.717) is 30.5 Å². The fraction of sp³-hybridized carbons (Fsp3) is 0.867. The van der Waals surface area contributed by atoms with E-state index in [2.05, 4.69) is 20.8 Å². The van der Waals surface area contributed by atoms with Crippen molar-refractivity contribution in [2.75, 3.05) is 0 Å². The van der Waals surface area contributed by atoms with Gasteiger partial charge in [0.2, 0.25) is 0 Å². The molecule has 2 saturated carbocycles. The van der Waals surface area contributed by atoms with Gasteiger partial charge in [-0.25, -0.2) is 0 Å². The molecule has 3 nitrogen and oxygen atoms in total. The maximum Gasteiger partial charge on any atom is 0.306 e. The minimum Gasteiger partial charge on any atom is -0.459 e. The van der Waals surface area contributed by atoms with Crippen LogP contribution >= 0.6 is 0 Å². The zero-order valence-electron chi connectivity index (χ0n) is 11.5. The van der Waals surface area contributed by atoms with Gasteiger partial charge in [0.15, 0.2) is 0 Å². The molecule has 0 radical (unpaired) electrons. The lowest BCUT2D eigenvalue weighted by molar-refractivity contribution is -0.163. The Morgan fingerprint density at radius 3 is 2.67 bits per heavy atom. The number of carbonyl (C=O) groups excluding carboxylic acids is 2. The molecule has 5 atom stereocenters. The number of fused-ring (bicyclic) bond motifs is 3. The highest BCUT2D eigenvalue weighted by atomic mass is 16.6. The second-order valence-electron chi connectivity index (χ2n) is 6.95. The van der Waals surface area contributed by atoms with Gasteiger partial charge in [-0.2, -0.15) is 0 Å². The van der Waals surface area contributed by atoms with Crippen molar-refractivity contribution in [3.63, 3.8) is 0 Å². The summed E-state index contributed by atoms with van der Waals surface area (Å²) < 4.78 is 5.61. The molecule has 18 heavy (non-hydrogen) atoms. The number of ketones is 1. The lowest BCUT2D eigenvalue weighted by Gasteiger charge is -2.55. The van der Waals surface area contributed by atoms with Crippen LogP contribution in [0.15, 0.2) is 0 Å². The van der Waals surface area contributed by atoms with Crippen LogP contribution in [0, 0.1) is 23.2 Å². The quantitative estimate of drug-likeness (QED) is 0.621. The van der Waals surface area contributed by atoms with E-state index in [4.69, 9.17) is 4.74 Å². The highest BCUT2D eigenvalue weighted by molar-refractivity contribution is 5.82. The zero-order chi connectivity index (χ0) is 13.1. The monoisotopic (exact) mass is 250 g/mol. The molecule has 0 N–H and O–H groups in total. The molecule has 0 aromatic rings. The third kappa shape index (κ3) is 1.42. The molecular formula is C15H22O3. The molecule has 0 spiro atoms. The van der Waals surface area contributed by atoms with Crippen LogP contribution in [0.4, 0.5) is 0 Å². The molecule has 1 saturated heterocycles. The maximum absolute atomic E-state index is 11.9. The second-order valence-corrected chi connectivity index (χ2v) is 6.95. The third-order valence-corrected chi connectivity index (χ3v) is 6.07. The second kappa shape index (κ2) is 3.58. The smallest absolute Gasteiger partial charge is 0.306 e. The number of hydrogen-bond donors (Lipinski definition) is 0. The molecule has 0 aromatic heterocycles. The van der Waals surface area contributed by atoms with E-state index in [1.807, 2.05) is 0 Å². The van der Waals surface area contributed by atoms with Crippen molar-refractivity contribution in [3.05, 3.63) is 0 Å². The first-order valence-electron chi connectivity index (χ1n) is 7.11. The molecule has 0 aromatic carbocycles. The average molecular weight is 250 g/mol. The number of esters is 1. The summed E-state index contributed by atoms with van der Waals surface area (Å²) in [4.78, 5) is 23.6. The molecule has 1 unspecified atom stereocenters. The van der Waals surface area contributed by atoms with Crippen LogP contribution in [0.5, 0.6) is 0 Å². The van der Waals surface area contributed by atoms with Gasteiger partial charge in [0.1, 0.15) is 11.4 Å². The van der Waals surface area contributed by atoms with Gasteiger partial charge in [0, 0.05) is 18.3 Å². The number of Topliss-reactive ketones (excluding diaryl/α,β-unsaturated/α-hetero) is 1. The van der Waals surface area contributed by atoms with Crippen molar-refractivity contribution in [1.29, 1.82) is 0 Å². The molecule has 3 heteroatoms. The summed E-state index contributed by atoms with van der Waals surface area (Å²) in [5, 5.41) is 0. The van der Waals surface area contributed by atoms with Crippen molar-refractivity contribution < 1.29 is 14.3 Å². The predicted octanol–water partition coefficient (Wildman–Crippen LogP) is 2.72. The van der Waals surface area contributed by atoms with Gasteiger partial charge >= 0.3 is 5.97 Å². The minimum absolute atomic E-state index is 0.0473. The Morgan fingerprint density at radius 1 is 1.22 bits per heavy atom. The Kier molecular flexibility index (Phi) is 2.43. The van der Waals surface area contributed by atoms with E-state index in [-0.39, 0.29) is 22.9 Å². The highest BCUT2D eigenvalue weighted by Crippen LogP contribution is 2.61. The van der Waals surface area contributed by atoms with Gasteiger partial charge in [-0.15, -0.1) is 0 Å². The molecular weight excluding hydrogens is 228 g/mol. The Balaban J connectivity index is 1.98. The molecule has 2 aliphatic carbocycles. The van der Waals surface area contributed by atoms with Crippen molar-refractivity contribution >= 4 is 11.8 Å². The third-order valence-electron chi connectivity index (χ3n) is 6.07. The highest BCUT2D eigenvalue weighted by Gasteiger charge is 2.61. The summed E-state index contributed by atoms with van der Waals surface area (Å²) >= 11 is 0. The molecule has 1 heterocycles. The lowest BCUT2D eigenvalue weighted by atomic mass is 9.49. The van der Waals surface area contributed by atoms with Crippen LogP contribution in [0.25, 0.3) is 0 Å². The van der Waals surface area contributed by atoms with E-state index < -0.39 is 0 Å². The van der Waals surface area contributed by atoms with Crippen LogP contribution in [0.3, 0.4) is 0 Å². The first kappa shape index (κ1) is 12.2. The van der Waals surface area contributed by atoms with Gasteiger partial charge in [-0.3, -0.25) is 9.59 Å². The van der Waals surface area contributed by atoms with Gasteiger partial charge in [0.05, 0.1) is 6.42 Å². The maximum atomic E-state index is 11.9. The van der Waals surface area contributed by atoms with Crippen LogP contribution in [-0.4, -0.2) is 17.4 Å². The Morgan fingerprint density at radius 2 is 1.94 bits per heavy atom. The predicted molar refractivity (Wildman–Crippen MR) is 66.8 cm³/mol. The van der Waals surface area contributed by atoms with Crippen LogP contribution < -0.4 is 0 Å². The fourth-order valence-electron chi connectivity index (χ4n) is 4.97. The van der Waals surface area contributed by atoms with Crippen molar-refractivity contribution in [2.45, 2.75) is 58.5 Å². The summed E-state index contributed by atoms with van der Waals surface area (Å²) in [7, 11) is 0. The van der Waals surface area contributed by atoms with E-state index in [1.54, 1.807) is 0 Å². The van der Waals surface area contributed by atoms with Gasteiger partial charge in [0.25, 0.3) is 0 Å². The molecule has 3 rings (SSSR count). The molecule has 0 bridgehead atoms. The normalized spacial score (nSPS) is 51.6. The lowest BCUT2D eigenvalue weighted by Crippen LogP contribution is -2.55. The van der Waals surface area contributed by atoms with Crippen molar-refractivity contribution in [3.8, 4) is 0 Å². The molecule has 3 aliphatic rings. The fourth-order valence-corrected chi connectivity index (χ4v) is 4.97. The Labute approximate surface area is 108 Å². The first-order chi connectivity index (χ1) is 8.37. The first-order valence-corrected chi connectivity index (χ1v) is 7.11. The van der Waals surface area contributed by atoms with Crippen molar-refractivity contribution in [2.24, 2.45) is 23.2 Å². The van der Waals surface area contributed by atoms with Crippen molar-refractivity contribution in [1.82, 2.24) is 0 Å². The topological polar surface area (TPSA) is 43.4 Å².